The number of aromatic nitrogens is 3. The first-order chi connectivity index (χ1) is 14.3. The molecule has 148 valence electrons. The van der Waals surface area contributed by atoms with Gasteiger partial charge in [0.15, 0.2) is 11.4 Å². The van der Waals surface area contributed by atoms with E-state index in [2.05, 4.69) is 32.1 Å². The lowest BCUT2D eigenvalue weighted by Crippen LogP contribution is -2.38. The van der Waals surface area contributed by atoms with Crippen LogP contribution in [-0.2, 0) is 9.53 Å². The van der Waals surface area contributed by atoms with Crippen LogP contribution in [0, 0.1) is 11.8 Å². The van der Waals surface area contributed by atoms with Crippen LogP contribution in [0.4, 0.5) is 5.69 Å². The third-order valence-electron chi connectivity index (χ3n) is 4.56. The molecule has 0 atom stereocenters. The molecule has 2 aromatic heterocycles. The lowest BCUT2D eigenvalue weighted by molar-refractivity contribution is -0.105. The highest BCUT2D eigenvalue weighted by atomic mass is 16.5. The van der Waals surface area contributed by atoms with Crippen LogP contribution in [0.5, 0.6) is 5.75 Å². The van der Waals surface area contributed by atoms with Crippen molar-refractivity contribution >= 4 is 17.7 Å². The number of amides is 1. The van der Waals surface area contributed by atoms with Gasteiger partial charge < -0.3 is 14.8 Å². The van der Waals surface area contributed by atoms with Crippen LogP contribution in [0.1, 0.15) is 11.1 Å². The van der Waals surface area contributed by atoms with E-state index in [4.69, 9.17) is 9.47 Å². The fourth-order valence-corrected chi connectivity index (χ4v) is 2.99. The fraction of sp³-hybridized carbons (Fsp3) is 0.286. The van der Waals surface area contributed by atoms with E-state index in [9.17, 15) is 4.79 Å². The highest BCUT2D eigenvalue weighted by molar-refractivity contribution is 5.71. The van der Waals surface area contributed by atoms with Gasteiger partial charge in [-0.05, 0) is 24.3 Å². The van der Waals surface area contributed by atoms with Crippen molar-refractivity contribution in [3.8, 4) is 17.6 Å². The molecule has 8 nitrogen and oxygen atoms in total. The molecule has 0 spiro atoms. The summed E-state index contributed by atoms with van der Waals surface area (Å²) in [7, 11) is 0. The smallest absolute Gasteiger partial charge is 0.211 e. The van der Waals surface area contributed by atoms with Crippen molar-refractivity contribution in [3.05, 3.63) is 54.0 Å². The molecule has 8 heteroatoms. The number of rotatable bonds is 6. The van der Waals surface area contributed by atoms with Gasteiger partial charge in [0, 0.05) is 30.9 Å². The summed E-state index contributed by atoms with van der Waals surface area (Å²) >= 11 is 0. The summed E-state index contributed by atoms with van der Waals surface area (Å²) < 4.78 is 12.8. The number of hydrogen-bond donors (Lipinski definition) is 1. The Kier molecular flexibility index (Phi) is 6.00. The number of carbonyl (C=O) groups excluding carboxylic acids is 1. The van der Waals surface area contributed by atoms with E-state index >= 15 is 0 Å². The molecule has 1 saturated heterocycles. The zero-order valence-corrected chi connectivity index (χ0v) is 15.9. The minimum atomic E-state index is 0.593. The van der Waals surface area contributed by atoms with E-state index in [1.165, 1.54) is 0 Å². The van der Waals surface area contributed by atoms with Crippen molar-refractivity contribution in [1.29, 1.82) is 0 Å². The summed E-state index contributed by atoms with van der Waals surface area (Å²) in [5.41, 5.74) is 2.98. The van der Waals surface area contributed by atoms with Crippen molar-refractivity contribution in [2.24, 2.45) is 0 Å². The van der Waals surface area contributed by atoms with Crippen molar-refractivity contribution in [2.75, 3.05) is 44.8 Å². The van der Waals surface area contributed by atoms with Crippen LogP contribution in [-0.4, -0.2) is 65.4 Å². The molecule has 0 saturated carbocycles. The Hall–Kier alpha value is -3.41. The molecule has 1 aliphatic rings. The van der Waals surface area contributed by atoms with E-state index in [0.29, 0.717) is 24.4 Å². The zero-order chi connectivity index (χ0) is 19.9. The van der Waals surface area contributed by atoms with Gasteiger partial charge >= 0.3 is 0 Å². The molecule has 1 aromatic carbocycles. The van der Waals surface area contributed by atoms with Crippen LogP contribution in [0.3, 0.4) is 0 Å². The second-order valence-corrected chi connectivity index (χ2v) is 6.51. The molecule has 29 heavy (non-hydrogen) atoms. The molecule has 1 aliphatic heterocycles. The molecule has 1 amide bonds. The second-order valence-electron chi connectivity index (χ2n) is 6.51. The highest BCUT2D eigenvalue weighted by Crippen LogP contribution is 2.14. The Bertz CT molecular complexity index is 1030. The first-order valence-electron chi connectivity index (χ1n) is 9.40. The van der Waals surface area contributed by atoms with Crippen molar-refractivity contribution in [1.82, 2.24) is 19.5 Å². The molecule has 3 heterocycles. The van der Waals surface area contributed by atoms with E-state index in [1.54, 1.807) is 29.0 Å². The van der Waals surface area contributed by atoms with Gasteiger partial charge in [0.05, 0.1) is 37.4 Å². The number of carbonyl (C=O) groups is 1. The van der Waals surface area contributed by atoms with E-state index in [1.807, 2.05) is 18.3 Å². The minimum absolute atomic E-state index is 0.593. The summed E-state index contributed by atoms with van der Waals surface area (Å²) in [6.45, 7) is 4.90. The van der Waals surface area contributed by atoms with Gasteiger partial charge in [-0.2, -0.15) is 5.10 Å². The van der Waals surface area contributed by atoms with Gasteiger partial charge in [-0.15, -0.1) is 0 Å². The van der Waals surface area contributed by atoms with Crippen LogP contribution >= 0.6 is 0 Å². The van der Waals surface area contributed by atoms with Gasteiger partial charge in [-0.1, -0.05) is 11.8 Å². The van der Waals surface area contributed by atoms with E-state index in [-0.39, 0.29) is 0 Å². The zero-order valence-electron chi connectivity index (χ0n) is 15.9. The number of anilines is 1. The molecule has 1 fully saturated rings. The molecule has 4 rings (SSSR count). The predicted octanol–water partition coefficient (Wildman–Crippen LogP) is 1.41. The number of morpholine rings is 1. The Morgan fingerprint density at radius 3 is 2.79 bits per heavy atom. The number of hydrogen-bond acceptors (Lipinski definition) is 6. The van der Waals surface area contributed by atoms with Crippen LogP contribution in [0.25, 0.3) is 5.65 Å². The first kappa shape index (κ1) is 18.9. The standard InChI is InChI=1S/C21H21N5O3/c27-16-23-19-5-2-17(3-6-19)1-4-18-13-24-26-15-20(14-22-21(18)26)29-12-9-25-7-10-28-11-8-25/h2-3,5-6,13-16H,7-12H2,(H,23,27). The van der Waals surface area contributed by atoms with Crippen molar-refractivity contribution in [3.63, 3.8) is 0 Å². The third-order valence-corrected chi connectivity index (χ3v) is 4.56. The lowest BCUT2D eigenvalue weighted by Gasteiger charge is -2.26. The van der Waals surface area contributed by atoms with Crippen LogP contribution in [0.2, 0.25) is 0 Å². The molecule has 0 aliphatic carbocycles. The van der Waals surface area contributed by atoms with Gasteiger partial charge in [0.1, 0.15) is 6.61 Å². The average molecular weight is 391 g/mol. The van der Waals surface area contributed by atoms with Gasteiger partial charge in [-0.25, -0.2) is 9.50 Å². The third kappa shape index (κ3) is 4.90. The summed E-state index contributed by atoms with van der Waals surface area (Å²) in [5, 5.41) is 6.92. The summed E-state index contributed by atoms with van der Waals surface area (Å²) in [4.78, 5) is 17.2. The quantitative estimate of drug-likeness (QED) is 0.506. The van der Waals surface area contributed by atoms with Crippen molar-refractivity contribution in [2.45, 2.75) is 0 Å². The summed E-state index contributed by atoms with van der Waals surface area (Å²) in [6, 6.07) is 7.29. The Morgan fingerprint density at radius 2 is 2.00 bits per heavy atom. The number of benzene rings is 1. The molecular formula is C21H21N5O3. The minimum Gasteiger partial charge on any atom is -0.489 e. The lowest BCUT2D eigenvalue weighted by atomic mass is 10.2. The normalized spacial score (nSPS) is 14.2. The van der Waals surface area contributed by atoms with E-state index in [0.717, 1.165) is 49.7 Å². The highest BCUT2D eigenvalue weighted by Gasteiger charge is 2.10. The molecule has 0 bridgehead atoms. The van der Waals surface area contributed by atoms with Gasteiger partial charge in [0.25, 0.3) is 0 Å². The largest absolute Gasteiger partial charge is 0.489 e. The molecule has 0 unspecified atom stereocenters. The number of nitrogens with zero attached hydrogens (tertiary/aromatic N) is 4. The second kappa shape index (κ2) is 9.19. The molecule has 1 N–H and O–H groups in total. The maximum Gasteiger partial charge on any atom is 0.211 e. The fourth-order valence-electron chi connectivity index (χ4n) is 2.99. The average Bonchev–Trinajstić information content (AvgIpc) is 3.16. The maximum atomic E-state index is 10.4. The number of ether oxygens (including phenoxy) is 2. The molecule has 0 radical (unpaired) electrons. The first-order valence-corrected chi connectivity index (χ1v) is 9.40. The van der Waals surface area contributed by atoms with Gasteiger partial charge in [-0.3, -0.25) is 9.69 Å². The number of nitrogens with one attached hydrogen (secondary N) is 1. The Morgan fingerprint density at radius 1 is 1.17 bits per heavy atom. The number of fused-ring (bicyclic) bond motifs is 1. The summed E-state index contributed by atoms with van der Waals surface area (Å²) in [6.07, 6.45) is 5.84. The molecular weight excluding hydrogens is 370 g/mol. The Balaban J connectivity index is 1.39. The van der Waals surface area contributed by atoms with Crippen LogP contribution < -0.4 is 10.1 Å². The maximum absolute atomic E-state index is 10.4. The summed E-state index contributed by atoms with van der Waals surface area (Å²) in [5.74, 6) is 6.86. The van der Waals surface area contributed by atoms with E-state index < -0.39 is 0 Å². The van der Waals surface area contributed by atoms with Crippen molar-refractivity contribution < 1.29 is 14.3 Å². The molecule has 3 aromatic rings. The van der Waals surface area contributed by atoms with Crippen LogP contribution in [0.15, 0.2) is 42.9 Å². The SMILES string of the molecule is O=CNc1ccc(C#Cc2cnn3cc(OCCN4CCOCC4)cnc23)cc1. The Labute approximate surface area is 168 Å². The van der Waals surface area contributed by atoms with Gasteiger partial charge in [0.2, 0.25) is 6.41 Å². The topological polar surface area (TPSA) is 81.0 Å². The monoisotopic (exact) mass is 391 g/mol. The predicted molar refractivity (Wildman–Crippen MR) is 108 cm³/mol.